The van der Waals surface area contributed by atoms with Crippen LogP contribution in [0.4, 0.5) is 5.69 Å². The zero-order valence-corrected chi connectivity index (χ0v) is 15.8. The van der Waals surface area contributed by atoms with E-state index in [9.17, 15) is 0 Å². The van der Waals surface area contributed by atoms with Gasteiger partial charge in [-0.05, 0) is 59.5 Å². The monoisotopic (exact) mass is 331 g/mol. The Morgan fingerprint density at radius 3 is 2.08 bits per heavy atom. The van der Waals surface area contributed by atoms with Gasteiger partial charge in [0.2, 0.25) is 0 Å². The van der Waals surface area contributed by atoms with Gasteiger partial charge >= 0.3 is 0 Å². The van der Waals surface area contributed by atoms with Crippen molar-refractivity contribution in [1.82, 2.24) is 19.8 Å². The largest absolute Gasteiger partial charge is 0.366 e. The van der Waals surface area contributed by atoms with Crippen LogP contribution in [0.15, 0.2) is 12.4 Å². The van der Waals surface area contributed by atoms with Gasteiger partial charge in [0.15, 0.2) is 0 Å². The van der Waals surface area contributed by atoms with Crippen molar-refractivity contribution in [3.63, 3.8) is 0 Å². The highest BCUT2D eigenvalue weighted by Gasteiger charge is 2.28. The molecule has 0 saturated carbocycles. The lowest BCUT2D eigenvalue weighted by Crippen LogP contribution is -2.50. The molecular weight excluding hydrogens is 298 g/mol. The second-order valence-electron chi connectivity index (χ2n) is 8.38. The van der Waals surface area contributed by atoms with Crippen molar-refractivity contribution in [2.75, 3.05) is 50.7 Å². The van der Waals surface area contributed by atoms with E-state index in [1.807, 2.05) is 19.3 Å². The zero-order valence-electron chi connectivity index (χ0n) is 15.8. The molecule has 0 aliphatic carbocycles. The van der Waals surface area contributed by atoms with Crippen molar-refractivity contribution in [3.8, 4) is 0 Å². The van der Waals surface area contributed by atoms with Crippen LogP contribution in [0.1, 0.15) is 39.4 Å². The molecule has 1 aromatic heterocycles. The van der Waals surface area contributed by atoms with Crippen LogP contribution in [-0.4, -0.2) is 71.1 Å². The lowest BCUT2D eigenvalue weighted by Gasteiger charge is -2.43. The van der Waals surface area contributed by atoms with Crippen LogP contribution in [0.3, 0.4) is 0 Å². The van der Waals surface area contributed by atoms with Crippen LogP contribution in [-0.2, 0) is 0 Å². The average Bonchev–Trinajstić information content (AvgIpc) is 2.56. The van der Waals surface area contributed by atoms with Crippen molar-refractivity contribution in [2.24, 2.45) is 5.92 Å². The molecule has 5 heteroatoms. The molecule has 0 unspecified atom stereocenters. The van der Waals surface area contributed by atoms with Gasteiger partial charge < -0.3 is 4.90 Å². The Kier molecular flexibility index (Phi) is 5.40. The molecule has 0 radical (unpaired) electrons. The minimum atomic E-state index is 0.326. The first-order valence-electron chi connectivity index (χ1n) is 9.43. The lowest BCUT2D eigenvalue weighted by molar-refractivity contribution is 0.0735. The molecule has 2 aliphatic rings. The number of aromatic nitrogens is 2. The molecule has 0 aromatic carbocycles. The van der Waals surface area contributed by atoms with Gasteiger partial charge in [-0.3, -0.25) is 9.80 Å². The highest BCUT2D eigenvalue weighted by Crippen LogP contribution is 2.25. The third-order valence-electron chi connectivity index (χ3n) is 5.58. The SMILES string of the molecule is Cc1ncc(N2CCN(CC3CCN(C(C)(C)C)CC3)CC2)cn1. The van der Waals surface area contributed by atoms with E-state index in [1.165, 1.54) is 38.2 Å². The Balaban J connectivity index is 1.42. The van der Waals surface area contributed by atoms with Crippen LogP contribution in [0.5, 0.6) is 0 Å². The Morgan fingerprint density at radius 1 is 0.958 bits per heavy atom. The van der Waals surface area contributed by atoms with Gasteiger partial charge in [0.1, 0.15) is 5.82 Å². The minimum absolute atomic E-state index is 0.326. The topological polar surface area (TPSA) is 35.5 Å². The number of piperazine rings is 1. The van der Waals surface area contributed by atoms with Gasteiger partial charge in [0.25, 0.3) is 0 Å². The van der Waals surface area contributed by atoms with Gasteiger partial charge in [-0.15, -0.1) is 0 Å². The Morgan fingerprint density at radius 2 is 1.54 bits per heavy atom. The fraction of sp³-hybridized carbons (Fsp3) is 0.789. The molecule has 2 fully saturated rings. The van der Waals surface area contributed by atoms with Crippen molar-refractivity contribution >= 4 is 5.69 Å². The van der Waals surface area contributed by atoms with Crippen LogP contribution in [0.25, 0.3) is 0 Å². The summed E-state index contributed by atoms with van der Waals surface area (Å²) in [6.07, 6.45) is 6.62. The highest BCUT2D eigenvalue weighted by atomic mass is 15.3. The van der Waals surface area contributed by atoms with E-state index in [0.29, 0.717) is 5.54 Å². The molecule has 3 heterocycles. The van der Waals surface area contributed by atoms with Crippen LogP contribution in [0, 0.1) is 12.8 Å². The van der Waals surface area contributed by atoms with Crippen molar-refractivity contribution < 1.29 is 0 Å². The molecule has 0 spiro atoms. The molecule has 5 nitrogen and oxygen atoms in total. The van der Waals surface area contributed by atoms with Gasteiger partial charge in [0, 0.05) is 38.3 Å². The second-order valence-corrected chi connectivity index (χ2v) is 8.38. The number of hydrogen-bond donors (Lipinski definition) is 0. The quantitative estimate of drug-likeness (QED) is 0.850. The number of aryl methyl sites for hydroxylation is 1. The first kappa shape index (κ1) is 17.6. The maximum Gasteiger partial charge on any atom is 0.125 e. The molecular formula is C19H33N5. The van der Waals surface area contributed by atoms with E-state index >= 15 is 0 Å². The van der Waals surface area contributed by atoms with E-state index in [2.05, 4.69) is 45.4 Å². The van der Waals surface area contributed by atoms with Crippen LogP contribution >= 0.6 is 0 Å². The first-order chi connectivity index (χ1) is 11.4. The third kappa shape index (κ3) is 4.45. The van der Waals surface area contributed by atoms with E-state index in [0.717, 1.165) is 37.9 Å². The summed E-state index contributed by atoms with van der Waals surface area (Å²) in [6.45, 7) is 17.2. The number of piperidine rings is 1. The summed E-state index contributed by atoms with van der Waals surface area (Å²) < 4.78 is 0. The summed E-state index contributed by atoms with van der Waals surface area (Å²) >= 11 is 0. The van der Waals surface area contributed by atoms with Gasteiger partial charge in [0.05, 0.1) is 18.1 Å². The molecule has 0 bridgehead atoms. The van der Waals surface area contributed by atoms with E-state index in [4.69, 9.17) is 0 Å². The third-order valence-corrected chi connectivity index (χ3v) is 5.58. The second kappa shape index (κ2) is 7.36. The van der Waals surface area contributed by atoms with Crippen molar-refractivity contribution in [1.29, 1.82) is 0 Å². The van der Waals surface area contributed by atoms with Gasteiger partial charge in [-0.25, -0.2) is 9.97 Å². The molecule has 2 saturated heterocycles. The van der Waals surface area contributed by atoms with E-state index in [1.54, 1.807) is 0 Å². The zero-order chi connectivity index (χ0) is 17.2. The van der Waals surface area contributed by atoms with Gasteiger partial charge in [-0.1, -0.05) is 0 Å². The van der Waals surface area contributed by atoms with Crippen LogP contribution < -0.4 is 4.90 Å². The number of anilines is 1. The number of rotatable bonds is 3. The fourth-order valence-electron chi connectivity index (χ4n) is 3.89. The molecule has 0 atom stereocenters. The maximum atomic E-state index is 4.32. The molecule has 3 rings (SSSR count). The van der Waals surface area contributed by atoms with E-state index in [-0.39, 0.29) is 0 Å². The predicted molar refractivity (Wildman–Crippen MR) is 99.5 cm³/mol. The summed E-state index contributed by atoms with van der Waals surface area (Å²) in [5.74, 6) is 1.72. The molecule has 2 aliphatic heterocycles. The minimum Gasteiger partial charge on any atom is -0.366 e. The standard InChI is InChI=1S/C19H33N5/c1-16-20-13-18(14-21-16)23-11-9-22(10-12-23)15-17-5-7-24(8-6-17)19(2,3)4/h13-14,17H,5-12,15H2,1-4H3. The molecule has 134 valence electrons. The first-order valence-corrected chi connectivity index (χ1v) is 9.43. The van der Waals surface area contributed by atoms with Crippen molar-refractivity contribution in [3.05, 3.63) is 18.2 Å². The Hall–Kier alpha value is -1.20. The summed E-state index contributed by atoms with van der Waals surface area (Å²) in [5, 5.41) is 0. The summed E-state index contributed by atoms with van der Waals surface area (Å²) in [5.41, 5.74) is 1.49. The number of hydrogen-bond acceptors (Lipinski definition) is 5. The molecule has 24 heavy (non-hydrogen) atoms. The summed E-state index contributed by atoms with van der Waals surface area (Å²) in [4.78, 5) is 16.4. The maximum absolute atomic E-state index is 4.32. The highest BCUT2D eigenvalue weighted by molar-refractivity contribution is 5.42. The summed E-state index contributed by atoms with van der Waals surface area (Å²) in [7, 11) is 0. The normalized spacial score (nSPS) is 22.1. The lowest BCUT2D eigenvalue weighted by atomic mass is 9.92. The van der Waals surface area contributed by atoms with Crippen molar-refractivity contribution in [2.45, 2.75) is 46.1 Å². The fourth-order valence-corrected chi connectivity index (χ4v) is 3.89. The smallest absolute Gasteiger partial charge is 0.125 e. The Bertz CT molecular complexity index is 506. The molecule has 0 N–H and O–H groups in total. The predicted octanol–water partition coefficient (Wildman–Crippen LogP) is 2.42. The van der Waals surface area contributed by atoms with E-state index < -0.39 is 0 Å². The summed E-state index contributed by atoms with van der Waals surface area (Å²) in [6, 6.07) is 0. The number of likely N-dealkylation sites (tertiary alicyclic amines) is 1. The Labute approximate surface area is 147 Å². The van der Waals surface area contributed by atoms with Crippen LogP contribution in [0.2, 0.25) is 0 Å². The molecule has 1 aromatic rings. The number of nitrogens with zero attached hydrogens (tertiary/aromatic N) is 5. The average molecular weight is 332 g/mol. The molecule has 0 amide bonds. The van der Waals surface area contributed by atoms with Gasteiger partial charge in [-0.2, -0.15) is 0 Å².